The molecule has 0 aliphatic heterocycles. The summed E-state index contributed by atoms with van der Waals surface area (Å²) in [6, 6.07) is 13.7. The number of H-pyrrole nitrogens is 1. The van der Waals surface area contributed by atoms with E-state index in [1.807, 2.05) is 42.5 Å². The van der Waals surface area contributed by atoms with Crippen LogP contribution in [-0.2, 0) is 5.41 Å². The normalized spacial score (nSPS) is 11.8. The van der Waals surface area contributed by atoms with Gasteiger partial charge in [-0.3, -0.25) is 0 Å². The van der Waals surface area contributed by atoms with Crippen molar-refractivity contribution in [1.29, 1.82) is 0 Å². The average Bonchev–Trinajstić information content (AvgIpc) is 2.91. The van der Waals surface area contributed by atoms with E-state index in [-0.39, 0.29) is 5.41 Å². The molecule has 0 fully saturated rings. The Hall–Kier alpha value is -1.71. The number of aromatic nitrogens is 2. The van der Waals surface area contributed by atoms with E-state index in [2.05, 4.69) is 29.1 Å². The molecule has 114 valence electrons. The topological polar surface area (TPSA) is 40.7 Å². The second-order valence-electron chi connectivity index (χ2n) is 5.97. The van der Waals surface area contributed by atoms with Crippen LogP contribution in [0.2, 0.25) is 10.0 Å². The summed E-state index contributed by atoms with van der Waals surface area (Å²) in [5.41, 5.74) is 3.01. The molecule has 22 heavy (non-hydrogen) atoms. The summed E-state index contributed by atoms with van der Waals surface area (Å²) in [5.74, 6) is 0.773. The van der Waals surface area contributed by atoms with Crippen LogP contribution in [0.3, 0.4) is 0 Å². The van der Waals surface area contributed by atoms with Crippen molar-refractivity contribution >= 4 is 40.2 Å². The summed E-state index contributed by atoms with van der Waals surface area (Å²) < 4.78 is 0. The van der Waals surface area contributed by atoms with Gasteiger partial charge in [-0.15, -0.1) is 0 Å². The van der Waals surface area contributed by atoms with Crippen molar-refractivity contribution in [2.45, 2.75) is 19.3 Å². The Labute approximate surface area is 139 Å². The predicted molar refractivity (Wildman–Crippen MR) is 94.1 cm³/mol. The highest BCUT2D eigenvalue weighted by atomic mass is 35.5. The van der Waals surface area contributed by atoms with Gasteiger partial charge in [0.1, 0.15) is 0 Å². The van der Waals surface area contributed by atoms with Crippen LogP contribution in [0.25, 0.3) is 11.0 Å². The Bertz CT molecular complexity index is 776. The van der Waals surface area contributed by atoms with Gasteiger partial charge in [0.25, 0.3) is 0 Å². The van der Waals surface area contributed by atoms with Crippen LogP contribution < -0.4 is 5.32 Å². The monoisotopic (exact) mass is 333 g/mol. The highest BCUT2D eigenvalue weighted by Gasteiger charge is 2.21. The van der Waals surface area contributed by atoms with Gasteiger partial charge in [0, 0.05) is 12.0 Å². The first-order chi connectivity index (χ1) is 10.5. The lowest BCUT2D eigenvalue weighted by atomic mass is 9.84. The highest BCUT2D eigenvalue weighted by molar-refractivity contribution is 6.42. The summed E-state index contributed by atoms with van der Waals surface area (Å²) >= 11 is 12.1. The SMILES string of the molecule is CC(C)(CNc1nc2ccccc2[nH]1)c1ccc(Cl)c(Cl)c1. The number of rotatable bonds is 4. The molecule has 2 aromatic carbocycles. The van der Waals surface area contributed by atoms with Gasteiger partial charge in [-0.1, -0.05) is 55.2 Å². The van der Waals surface area contributed by atoms with Crippen LogP contribution in [0.15, 0.2) is 42.5 Å². The van der Waals surface area contributed by atoms with Gasteiger partial charge in [0.15, 0.2) is 0 Å². The lowest BCUT2D eigenvalue weighted by molar-refractivity contribution is 0.555. The van der Waals surface area contributed by atoms with Crippen LogP contribution >= 0.6 is 23.2 Å². The molecule has 0 saturated heterocycles. The van der Waals surface area contributed by atoms with E-state index in [1.54, 1.807) is 0 Å². The molecule has 0 atom stereocenters. The molecule has 0 amide bonds. The number of hydrogen-bond acceptors (Lipinski definition) is 2. The van der Waals surface area contributed by atoms with E-state index in [1.165, 1.54) is 0 Å². The maximum atomic E-state index is 6.12. The van der Waals surface area contributed by atoms with Crippen LogP contribution in [-0.4, -0.2) is 16.5 Å². The number of nitrogens with one attached hydrogen (secondary N) is 2. The van der Waals surface area contributed by atoms with Gasteiger partial charge in [0.05, 0.1) is 21.1 Å². The van der Waals surface area contributed by atoms with Crippen LogP contribution in [0, 0.1) is 0 Å². The minimum Gasteiger partial charge on any atom is -0.355 e. The molecule has 0 radical (unpaired) electrons. The third kappa shape index (κ3) is 3.06. The number of fused-ring (bicyclic) bond motifs is 1. The molecule has 3 nitrogen and oxygen atoms in total. The average molecular weight is 334 g/mol. The first kappa shape index (κ1) is 15.2. The zero-order valence-corrected chi connectivity index (χ0v) is 14.0. The molecule has 1 aromatic heterocycles. The van der Waals surface area contributed by atoms with Gasteiger partial charge in [-0.2, -0.15) is 0 Å². The van der Waals surface area contributed by atoms with Gasteiger partial charge >= 0.3 is 0 Å². The van der Waals surface area contributed by atoms with E-state index < -0.39 is 0 Å². The highest BCUT2D eigenvalue weighted by Crippen LogP contribution is 2.30. The lowest BCUT2D eigenvalue weighted by Gasteiger charge is -2.26. The van der Waals surface area contributed by atoms with Crippen molar-refractivity contribution in [2.75, 3.05) is 11.9 Å². The van der Waals surface area contributed by atoms with E-state index in [0.29, 0.717) is 10.0 Å². The summed E-state index contributed by atoms with van der Waals surface area (Å²) in [6.07, 6.45) is 0. The van der Waals surface area contributed by atoms with E-state index in [0.717, 1.165) is 29.1 Å². The maximum absolute atomic E-state index is 6.12. The summed E-state index contributed by atoms with van der Waals surface area (Å²) in [5, 5.41) is 4.52. The van der Waals surface area contributed by atoms with Crippen molar-refractivity contribution in [3.8, 4) is 0 Å². The molecule has 0 aliphatic rings. The number of para-hydroxylation sites is 2. The second-order valence-corrected chi connectivity index (χ2v) is 6.78. The third-order valence-corrected chi connectivity index (χ3v) is 4.53. The van der Waals surface area contributed by atoms with Crippen LogP contribution in [0.5, 0.6) is 0 Å². The number of aromatic amines is 1. The second kappa shape index (κ2) is 5.82. The molecule has 3 rings (SSSR count). The number of halogens is 2. The van der Waals surface area contributed by atoms with Crippen molar-refractivity contribution in [3.05, 3.63) is 58.1 Å². The molecule has 0 bridgehead atoms. The van der Waals surface area contributed by atoms with Gasteiger partial charge in [-0.05, 0) is 29.8 Å². The van der Waals surface area contributed by atoms with Crippen molar-refractivity contribution in [1.82, 2.24) is 9.97 Å². The Kier molecular flexibility index (Phi) is 4.02. The fourth-order valence-electron chi connectivity index (χ4n) is 2.36. The van der Waals surface area contributed by atoms with E-state index >= 15 is 0 Å². The Morgan fingerprint density at radius 2 is 1.86 bits per heavy atom. The summed E-state index contributed by atoms with van der Waals surface area (Å²) in [7, 11) is 0. The summed E-state index contributed by atoms with van der Waals surface area (Å²) in [4.78, 5) is 7.80. The quantitative estimate of drug-likeness (QED) is 0.683. The molecule has 0 saturated carbocycles. The molecule has 0 spiro atoms. The van der Waals surface area contributed by atoms with Crippen molar-refractivity contribution < 1.29 is 0 Å². The lowest BCUT2D eigenvalue weighted by Crippen LogP contribution is -2.28. The van der Waals surface area contributed by atoms with Gasteiger partial charge in [0.2, 0.25) is 5.95 Å². The largest absolute Gasteiger partial charge is 0.355 e. The number of benzene rings is 2. The minimum absolute atomic E-state index is 0.104. The van der Waals surface area contributed by atoms with Crippen LogP contribution in [0.1, 0.15) is 19.4 Å². The number of nitrogens with zero attached hydrogens (tertiary/aromatic N) is 1. The molecule has 2 N–H and O–H groups in total. The first-order valence-electron chi connectivity index (χ1n) is 7.10. The van der Waals surface area contributed by atoms with Gasteiger partial charge < -0.3 is 10.3 Å². The maximum Gasteiger partial charge on any atom is 0.201 e. The van der Waals surface area contributed by atoms with Crippen molar-refractivity contribution in [2.24, 2.45) is 0 Å². The van der Waals surface area contributed by atoms with Gasteiger partial charge in [-0.25, -0.2) is 4.98 Å². The zero-order chi connectivity index (χ0) is 15.7. The number of imidazole rings is 1. The third-order valence-electron chi connectivity index (χ3n) is 3.79. The zero-order valence-electron chi connectivity index (χ0n) is 12.5. The van der Waals surface area contributed by atoms with E-state index in [4.69, 9.17) is 23.2 Å². The Morgan fingerprint density at radius 1 is 1.09 bits per heavy atom. The van der Waals surface area contributed by atoms with Crippen molar-refractivity contribution in [3.63, 3.8) is 0 Å². The standard InChI is InChI=1S/C17H17Cl2N3/c1-17(2,11-7-8-12(18)13(19)9-11)10-20-16-21-14-5-3-4-6-15(14)22-16/h3-9H,10H2,1-2H3,(H2,20,21,22). The predicted octanol–water partition coefficient (Wildman–Crippen LogP) is 5.26. The molecule has 5 heteroatoms. The molecule has 3 aromatic rings. The Balaban J connectivity index is 1.77. The number of hydrogen-bond donors (Lipinski definition) is 2. The molecule has 0 aliphatic carbocycles. The molecule has 1 heterocycles. The molecule has 0 unspecified atom stereocenters. The fraction of sp³-hybridized carbons (Fsp3) is 0.235. The fourth-order valence-corrected chi connectivity index (χ4v) is 2.66. The molecular weight excluding hydrogens is 317 g/mol. The minimum atomic E-state index is -0.104. The summed E-state index contributed by atoms with van der Waals surface area (Å²) in [6.45, 7) is 5.04. The van der Waals surface area contributed by atoms with E-state index in [9.17, 15) is 0 Å². The first-order valence-corrected chi connectivity index (χ1v) is 7.85. The smallest absolute Gasteiger partial charge is 0.201 e. The van der Waals surface area contributed by atoms with Crippen LogP contribution in [0.4, 0.5) is 5.95 Å². The molecular formula is C17H17Cl2N3. The number of anilines is 1. The Morgan fingerprint density at radius 3 is 2.59 bits per heavy atom.